The summed E-state index contributed by atoms with van der Waals surface area (Å²) >= 11 is 0. The first-order valence-electron chi connectivity index (χ1n) is 6.63. The van der Waals surface area contributed by atoms with Crippen LogP contribution < -0.4 is 10.2 Å². The molecule has 0 unspecified atom stereocenters. The van der Waals surface area contributed by atoms with Crippen LogP contribution in [0, 0.1) is 20.8 Å². The molecule has 21 heavy (non-hydrogen) atoms. The number of furan rings is 1. The van der Waals surface area contributed by atoms with E-state index >= 15 is 0 Å². The highest BCUT2D eigenvalue weighted by Crippen LogP contribution is 2.20. The van der Waals surface area contributed by atoms with Gasteiger partial charge in [-0.1, -0.05) is 12.1 Å². The molecule has 0 saturated carbocycles. The van der Waals surface area contributed by atoms with Crippen molar-refractivity contribution in [3.05, 3.63) is 53.0 Å². The normalized spacial score (nSPS) is 10.8. The molecule has 2 rings (SSSR count). The average molecular weight is 286 g/mol. The lowest BCUT2D eigenvalue weighted by Crippen LogP contribution is -2.24. The Hall–Kier alpha value is -2.56. The third kappa shape index (κ3) is 4.21. The van der Waals surface area contributed by atoms with Gasteiger partial charge >= 0.3 is 0 Å². The summed E-state index contributed by atoms with van der Waals surface area (Å²) in [5.74, 6) is 1.76. The number of hydrogen-bond acceptors (Lipinski definition) is 4. The number of ether oxygens (including phenoxy) is 1. The summed E-state index contributed by atoms with van der Waals surface area (Å²) in [5, 5.41) is 3.81. The van der Waals surface area contributed by atoms with Gasteiger partial charge in [0.25, 0.3) is 5.91 Å². The van der Waals surface area contributed by atoms with E-state index in [0.717, 1.165) is 16.9 Å². The summed E-state index contributed by atoms with van der Waals surface area (Å²) in [5.41, 5.74) is 4.54. The largest absolute Gasteiger partial charge is 0.483 e. The molecule has 0 atom stereocenters. The van der Waals surface area contributed by atoms with E-state index in [4.69, 9.17) is 9.15 Å². The summed E-state index contributed by atoms with van der Waals surface area (Å²) in [6.07, 6.45) is 1.45. The van der Waals surface area contributed by atoms with Crippen LogP contribution in [0.3, 0.4) is 0 Å². The van der Waals surface area contributed by atoms with E-state index in [0.29, 0.717) is 11.5 Å². The number of nitrogens with zero attached hydrogens (tertiary/aromatic N) is 1. The van der Waals surface area contributed by atoms with E-state index in [2.05, 4.69) is 10.5 Å². The van der Waals surface area contributed by atoms with E-state index in [1.165, 1.54) is 6.21 Å². The third-order valence-electron chi connectivity index (χ3n) is 3.06. The lowest BCUT2D eigenvalue weighted by atomic mass is 10.1. The number of carbonyl (C=O) groups is 1. The lowest BCUT2D eigenvalue weighted by molar-refractivity contribution is -0.123. The minimum atomic E-state index is -0.324. The van der Waals surface area contributed by atoms with Crippen LogP contribution in [0.5, 0.6) is 5.75 Å². The van der Waals surface area contributed by atoms with Gasteiger partial charge in [-0.25, -0.2) is 5.43 Å². The van der Waals surface area contributed by atoms with Gasteiger partial charge in [0.2, 0.25) is 0 Å². The van der Waals surface area contributed by atoms with Crippen molar-refractivity contribution < 1.29 is 13.9 Å². The molecule has 2 aromatic rings. The Bertz CT molecular complexity index is 659. The minimum Gasteiger partial charge on any atom is -0.483 e. The van der Waals surface area contributed by atoms with E-state index in [1.807, 2.05) is 45.0 Å². The Morgan fingerprint density at radius 3 is 2.81 bits per heavy atom. The smallest absolute Gasteiger partial charge is 0.277 e. The van der Waals surface area contributed by atoms with Crippen molar-refractivity contribution in [2.45, 2.75) is 20.8 Å². The zero-order valence-electron chi connectivity index (χ0n) is 12.3. The van der Waals surface area contributed by atoms with Crippen molar-refractivity contribution in [2.24, 2.45) is 5.10 Å². The molecule has 5 heteroatoms. The van der Waals surface area contributed by atoms with Crippen LogP contribution in [0.4, 0.5) is 0 Å². The maximum Gasteiger partial charge on any atom is 0.277 e. The number of carbonyl (C=O) groups excluding carboxylic acids is 1. The van der Waals surface area contributed by atoms with Gasteiger partial charge in [-0.05, 0) is 50.1 Å². The third-order valence-corrected chi connectivity index (χ3v) is 3.06. The van der Waals surface area contributed by atoms with Gasteiger partial charge in [0, 0.05) is 0 Å². The molecule has 1 N–H and O–H groups in total. The average Bonchev–Trinajstić information content (AvgIpc) is 2.86. The predicted octanol–water partition coefficient (Wildman–Crippen LogP) is 2.73. The van der Waals surface area contributed by atoms with Gasteiger partial charge in [0.15, 0.2) is 6.61 Å². The molecular weight excluding hydrogens is 268 g/mol. The number of aryl methyl sites for hydroxylation is 2. The zero-order chi connectivity index (χ0) is 15.2. The van der Waals surface area contributed by atoms with Crippen LogP contribution in [0.1, 0.15) is 22.6 Å². The highest BCUT2D eigenvalue weighted by Gasteiger charge is 2.05. The fourth-order valence-corrected chi connectivity index (χ4v) is 1.75. The molecule has 0 aliphatic carbocycles. The van der Waals surface area contributed by atoms with E-state index in [-0.39, 0.29) is 12.5 Å². The molecule has 0 aliphatic heterocycles. The highest BCUT2D eigenvalue weighted by atomic mass is 16.5. The minimum absolute atomic E-state index is 0.0845. The van der Waals surface area contributed by atoms with Gasteiger partial charge in [0.05, 0.1) is 6.21 Å². The number of rotatable bonds is 5. The van der Waals surface area contributed by atoms with Crippen molar-refractivity contribution in [2.75, 3.05) is 6.61 Å². The number of hydrazone groups is 1. The molecule has 0 fully saturated rings. The monoisotopic (exact) mass is 286 g/mol. The standard InChI is InChI=1S/C16H18N2O3/c1-11-5-4-6-15(13(11)3)20-10-16(19)18-17-9-14-8-7-12(2)21-14/h4-9H,10H2,1-3H3,(H,18,19). The summed E-state index contributed by atoms with van der Waals surface area (Å²) in [7, 11) is 0. The van der Waals surface area contributed by atoms with Crippen molar-refractivity contribution in [1.29, 1.82) is 0 Å². The molecule has 0 spiro atoms. The first kappa shape index (κ1) is 14.8. The molecule has 1 amide bonds. The van der Waals surface area contributed by atoms with Crippen molar-refractivity contribution >= 4 is 12.1 Å². The van der Waals surface area contributed by atoms with Gasteiger partial charge in [0.1, 0.15) is 17.3 Å². The predicted molar refractivity (Wildman–Crippen MR) is 80.6 cm³/mol. The van der Waals surface area contributed by atoms with Crippen LogP contribution in [-0.4, -0.2) is 18.7 Å². The summed E-state index contributed by atoms with van der Waals surface area (Å²) in [6, 6.07) is 9.33. The summed E-state index contributed by atoms with van der Waals surface area (Å²) in [6.45, 7) is 5.71. The maximum absolute atomic E-state index is 11.6. The second-order valence-corrected chi connectivity index (χ2v) is 4.73. The molecule has 1 heterocycles. The second kappa shape index (κ2) is 6.74. The summed E-state index contributed by atoms with van der Waals surface area (Å²) < 4.78 is 10.8. The number of benzene rings is 1. The topological polar surface area (TPSA) is 63.8 Å². The van der Waals surface area contributed by atoms with Crippen molar-refractivity contribution in [3.63, 3.8) is 0 Å². The Morgan fingerprint density at radius 1 is 1.29 bits per heavy atom. The first-order chi connectivity index (χ1) is 10.1. The van der Waals surface area contributed by atoms with Crippen LogP contribution in [0.2, 0.25) is 0 Å². The van der Waals surface area contributed by atoms with E-state index < -0.39 is 0 Å². The fourth-order valence-electron chi connectivity index (χ4n) is 1.75. The molecular formula is C16H18N2O3. The Labute approximate surface area is 123 Å². The fraction of sp³-hybridized carbons (Fsp3) is 0.250. The molecule has 1 aromatic heterocycles. The van der Waals surface area contributed by atoms with E-state index in [9.17, 15) is 4.79 Å². The van der Waals surface area contributed by atoms with Crippen LogP contribution in [0.15, 0.2) is 39.9 Å². The van der Waals surface area contributed by atoms with Gasteiger partial charge in [-0.15, -0.1) is 0 Å². The van der Waals surface area contributed by atoms with Gasteiger partial charge in [-0.2, -0.15) is 5.10 Å². The molecule has 0 radical (unpaired) electrons. The molecule has 0 saturated heterocycles. The van der Waals surface area contributed by atoms with Gasteiger partial charge in [-0.3, -0.25) is 4.79 Å². The molecule has 0 aliphatic rings. The molecule has 0 bridgehead atoms. The number of nitrogens with one attached hydrogen (secondary N) is 1. The molecule has 110 valence electrons. The number of hydrogen-bond donors (Lipinski definition) is 1. The first-order valence-corrected chi connectivity index (χ1v) is 6.63. The lowest BCUT2D eigenvalue weighted by Gasteiger charge is -2.09. The van der Waals surface area contributed by atoms with Crippen LogP contribution in [0.25, 0.3) is 0 Å². The Morgan fingerprint density at radius 2 is 2.10 bits per heavy atom. The van der Waals surface area contributed by atoms with Crippen molar-refractivity contribution in [3.8, 4) is 5.75 Å². The Balaban J connectivity index is 1.82. The zero-order valence-corrected chi connectivity index (χ0v) is 12.3. The van der Waals surface area contributed by atoms with Crippen LogP contribution >= 0.6 is 0 Å². The molecule has 5 nitrogen and oxygen atoms in total. The quantitative estimate of drug-likeness (QED) is 0.679. The van der Waals surface area contributed by atoms with Crippen molar-refractivity contribution in [1.82, 2.24) is 5.43 Å². The summed E-state index contributed by atoms with van der Waals surface area (Å²) in [4.78, 5) is 11.6. The second-order valence-electron chi connectivity index (χ2n) is 4.73. The molecule has 1 aromatic carbocycles. The van der Waals surface area contributed by atoms with E-state index in [1.54, 1.807) is 6.07 Å². The SMILES string of the molecule is Cc1ccc(C=NNC(=O)COc2cccc(C)c2C)o1. The number of amides is 1. The Kier molecular flexibility index (Phi) is 4.77. The highest BCUT2D eigenvalue weighted by molar-refractivity contribution is 5.81. The van der Waals surface area contributed by atoms with Gasteiger partial charge < -0.3 is 9.15 Å². The van der Waals surface area contributed by atoms with Crippen LogP contribution in [-0.2, 0) is 4.79 Å². The maximum atomic E-state index is 11.6.